The number of hydrogen-bond donors (Lipinski definition) is 0. The Morgan fingerprint density at radius 1 is 0.302 bits per heavy atom. The van der Waals surface area contributed by atoms with Crippen molar-refractivity contribution in [3.8, 4) is 44.9 Å². The van der Waals surface area contributed by atoms with Crippen LogP contribution in [0.15, 0.2) is 146 Å². The van der Waals surface area contributed by atoms with E-state index in [1.807, 2.05) is 0 Å². The molecule has 43 heavy (non-hydrogen) atoms. The van der Waals surface area contributed by atoms with E-state index >= 15 is 0 Å². The first-order valence-electron chi connectivity index (χ1n) is 14.8. The minimum atomic E-state index is 0.907. The monoisotopic (exact) mass is 544 g/mol. The zero-order valence-corrected chi connectivity index (χ0v) is 23.3. The van der Waals surface area contributed by atoms with Crippen LogP contribution < -0.4 is 4.74 Å². The number of rotatable bonds is 2. The second-order valence-electron chi connectivity index (χ2n) is 11.7. The Morgan fingerprint density at radius 2 is 0.977 bits per heavy atom. The molecule has 0 radical (unpaired) electrons. The standard InChI is InChI=1S/C42H24O/c1-2-7-25(8-3-1)31-18-13-26-16-21-36-32(19-14-27-15-20-35(31)40(26)41(27)36)29-17-22-38-37(23-29)34-12-6-11-33-30-10-5-4-9-28(30)24-39(43-38)42(33)34/h1-24H. The zero-order valence-electron chi connectivity index (χ0n) is 23.3. The second-order valence-corrected chi connectivity index (χ2v) is 11.7. The maximum absolute atomic E-state index is 6.58. The maximum atomic E-state index is 6.58. The van der Waals surface area contributed by atoms with Crippen LogP contribution in [0.5, 0.6) is 11.5 Å². The minimum absolute atomic E-state index is 0.907. The van der Waals surface area contributed by atoms with Gasteiger partial charge in [-0.3, -0.25) is 0 Å². The van der Waals surface area contributed by atoms with E-state index in [0.29, 0.717) is 0 Å². The SMILES string of the molecule is c1ccc(-c2ccc3ccc4c(-c5ccc6c(c5)-c5cccc7c5c(cc5ccccc57)O6)ccc5ccc2c3c54)cc1. The van der Waals surface area contributed by atoms with Crippen molar-refractivity contribution in [3.05, 3.63) is 146 Å². The average Bonchev–Trinajstić information content (AvgIpc) is 3.07. The highest BCUT2D eigenvalue weighted by Crippen LogP contribution is 2.50. The van der Waals surface area contributed by atoms with E-state index in [4.69, 9.17) is 4.74 Å². The molecule has 9 aromatic rings. The Bertz CT molecular complexity index is 2580. The molecule has 9 aromatic carbocycles. The van der Waals surface area contributed by atoms with Crippen molar-refractivity contribution >= 4 is 53.9 Å². The highest BCUT2D eigenvalue weighted by atomic mass is 16.5. The van der Waals surface area contributed by atoms with Gasteiger partial charge in [0.05, 0.1) is 0 Å². The molecule has 0 bridgehead atoms. The summed E-state index contributed by atoms with van der Waals surface area (Å²) < 4.78 is 6.58. The third-order valence-electron chi connectivity index (χ3n) is 9.40. The van der Waals surface area contributed by atoms with Crippen molar-refractivity contribution in [3.63, 3.8) is 0 Å². The van der Waals surface area contributed by atoms with Crippen molar-refractivity contribution in [2.24, 2.45) is 0 Å². The van der Waals surface area contributed by atoms with Crippen molar-refractivity contribution in [1.29, 1.82) is 0 Å². The van der Waals surface area contributed by atoms with Crippen LogP contribution in [0, 0.1) is 0 Å². The van der Waals surface area contributed by atoms with Gasteiger partial charge in [0.15, 0.2) is 0 Å². The zero-order chi connectivity index (χ0) is 28.1. The average molecular weight is 545 g/mol. The molecule has 1 aliphatic rings. The van der Waals surface area contributed by atoms with Crippen LogP contribution in [-0.2, 0) is 0 Å². The molecular weight excluding hydrogens is 520 g/mol. The molecule has 1 heteroatoms. The van der Waals surface area contributed by atoms with Gasteiger partial charge in [-0.1, -0.05) is 127 Å². The van der Waals surface area contributed by atoms with Gasteiger partial charge in [-0.2, -0.15) is 0 Å². The van der Waals surface area contributed by atoms with Gasteiger partial charge in [0.25, 0.3) is 0 Å². The highest BCUT2D eigenvalue weighted by molar-refractivity contribution is 6.27. The fraction of sp³-hybridized carbons (Fsp3) is 0. The lowest BCUT2D eigenvalue weighted by molar-refractivity contribution is 0.488. The quantitative estimate of drug-likeness (QED) is 0.197. The van der Waals surface area contributed by atoms with Crippen LogP contribution in [0.4, 0.5) is 0 Å². The molecule has 0 fully saturated rings. The molecule has 0 saturated heterocycles. The van der Waals surface area contributed by atoms with Gasteiger partial charge in [0.1, 0.15) is 11.5 Å². The van der Waals surface area contributed by atoms with Crippen LogP contribution in [-0.4, -0.2) is 0 Å². The Hall–Kier alpha value is -5.66. The van der Waals surface area contributed by atoms with E-state index < -0.39 is 0 Å². The van der Waals surface area contributed by atoms with Crippen molar-refractivity contribution in [1.82, 2.24) is 0 Å². The van der Waals surface area contributed by atoms with Crippen LogP contribution >= 0.6 is 0 Å². The number of benzene rings is 9. The summed E-state index contributed by atoms with van der Waals surface area (Å²) in [5.74, 6) is 1.84. The lowest BCUT2D eigenvalue weighted by atomic mass is 9.86. The number of ether oxygens (including phenoxy) is 1. The van der Waals surface area contributed by atoms with Gasteiger partial charge in [0, 0.05) is 10.9 Å². The van der Waals surface area contributed by atoms with E-state index in [1.165, 1.54) is 81.7 Å². The third kappa shape index (κ3) is 3.17. The molecule has 1 aliphatic heterocycles. The summed E-state index contributed by atoms with van der Waals surface area (Å²) in [6.45, 7) is 0. The molecule has 0 saturated carbocycles. The normalized spacial score (nSPS) is 12.4. The van der Waals surface area contributed by atoms with Crippen LogP contribution in [0.25, 0.3) is 87.2 Å². The van der Waals surface area contributed by atoms with Gasteiger partial charge in [0.2, 0.25) is 0 Å². The third-order valence-corrected chi connectivity index (χ3v) is 9.40. The molecule has 0 spiro atoms. The molecule has 198 valence electrons. The molecule has 0 aliphatic carbocycles. The predicted octanol–water partition coefficient (Wildman–Crippen LogP) is 12.0. The number of hydrogen-bond acceptors (Lipinski definition) is 1. The summed E-state index contributed by atoms with van der Waals surface area (Å²) in [5.41, 5.74) is 7.33. The molecule has 0 aromatic heterocycles. The fourth-order valence-electron chi connectivity index (χ4n) is 7.47. The van der Waals surface area contributed by atoms with Gasteiger partial charge in [-0.05, 0) is 94.5 Å². The lowest BCUT2D eigenvalue weighted by Crippen LogP contribution is -1.98. The van der Waals surface area contributed by atoms with Gasteiger partial charge >= 0.3 is 0 Å². The highest BCUT2D eigenvalue weighted by Gasteiger charge is 2.23. The molecule has 0 unspecified atom stereocenters. The summed E-state index contributed by atoms with van der Waals surface area (Å²) in [4.78, 5) is 0. The van der Waals surface area contributed by atoms with Gasteiger partial charge in [-0.15, -0.1) is 0 Å². The van der Waals surface area contributed by atoms with Crippen molar-refractivity contribution in [2.75, 3.05) is 0 Å². The first-order valence-corrected chi connectivity index (χ1v) is 14.8. The largest absolute Gasteiger partial charge is 0.456 e. The summed E-state index contributed by atoms with van der Waals surface area (Å²) in [5, 5.41) is 12.7. The fourth-order valence-corrected chi connectivity index (χ4v) is 7.47. The van der Waals surface area contributed by atoms with E-state index in [2.05, 4.69) is 146 Å². The van der Waals surface area contributed by atoms with Crippen molar-refractivity contribution < 1.29 is 4.74 Å². The van der Waals surface area contributed by atoms with E-state index in [1.54, 1.807) is 0 Å². The molecule has 0 atom stereocenters. The van der Waals surface area contributed by atoms with Gasteiger partial charge in [-0.25, -0.2) is 0 Å². The van der Waals surface area contributed by atoms with E-state index in [9.17, 15) is 0 Å². The van der Waals surface area contributed by atoms with Gasteiger partial charge < -0.3 is 4.74 Å². The number of fused-ring (bicyclic) bond motifs is 4. The van der Waals surface area contributed by atoms with Crippen LogP contribution in [0.2, 0.25) is 0 Å². The van der Waals surface area contributed by atoms with Crippen LogP contribution in [0.1, 0.15) is 0 Å². The second kappa shape index (κ2) is 8.44. The minimum Gasteiger partial charge on any atom is -0.456 e. The summed E-state index contributed by atoms with van der Waals surface area (Å²) in [6, 6.07) is 53.1. The Morgan fingerprint density at radius 3 is 1.77 bits per heavy atom. The summed E-state index contributed by atoms with van der Waals surface area (Å²) in [7, 11) is 0. The molecule has 0 N–H and O–H groups in total. The van der Waals surface area contributed by atoms with E-state index in [-0.39, 0.29) is 0 Å². The van der Waals surface area contributed by atoms with E-state index in [0.717, 1.165) is 17.1 Å². The molecule has 10 rings (SSSR count). The molecule has 1 nitrogen and oxygen atoms in total. The summed E-state index contributed by atoms with van der Waals surface area (Å²) >= 11 is 0. The molecule has 0 amide bonds. The van der Waals surface area contributed by atoms with Crippen molar-refractivity contribution in [2.45, 2.75) is 0 Å². The maximum Gasteiger partial charge on any atom is 0.136 e. The summed E-state index contributed by atoms with van der Waals surface area (Å²) in [6.07, 6.45) is 0. The first kappa shape index (κ1) is 23.0. The predicted molar refractivity (Wildman–Crippen MR) is 182 cm³/mol. The van der Waals surface area contributed by atoms with Crippen LogP contribution in [0.3, 0.4) is 0 Å². The molecule has 1 heterocycles. The Kier molecular flexibility index (Phi) is 4.51. The smallest absolute Gasteiger partial charge is 0.136 e. The Balaban J connectivity index is 1.22. The first-order chi connectivity index (χ1) is 21.3. The Labute approximate surface area is 248 Å². The molecular formula is C42H24O. The topological polar surface area (TPSA) is 9.23 Å². The lowest BCUT2D eigenvalue weighted by Gasteiger charge is -2.23.